The summed E-state index contributed by atoms with van der Waals surface area (Å²) in [4.78, 5) is 15.2. The fourth-order valence-corrected chi connectivity index (χ4v) is 1.11. The van der Waals surface area contributed by atoms with Gasteiger partial charge in [-0.1, -0.05) is 5.16 Å². The lowest BCUT2D eigenvalue weighted by atomic mass is 10.2. The molecule has 0 spiro atoms. The lowest BCUT2D eigenvalue weighted by Gasteiger charge is -1.89. The summed E-state index contributed by atoms with van der Waals surface area (Å²) >= 11 is 0. The summed E-state index contributed by atoms with van der Waals surface area (Å²) < 4.78 is 4.83. The maximum atomic E-state index is 11.3. The van der Waals surface area contributed by atoms with Gasteiger partial charge in [0.1, 0.15) is 5.78 Å². The van der Waals surface area contributed by atoms with Gasteiger partial charge in [0.05, 0.1) is 6.42 Å². The van der Waals surface area contributed by atoms with E-state index < -0.39 is 0 Å². The van der Waals surface area contributed by atoms with Crippen molar-refractivity contribution in [3.05, 3.63) is 11.7 Å². The van der Waals surface area contributed by atoms with Crippen molar-refractivity contribution >= 4 is 5.78 Å². The first-order chi connectivity index (χ1) is 5.75. The highest BCUT2D eigenvalue weighted by molar-refractivity contribution is 5.84. The zero-order valence-electron chi connectivity index (χ0n) is 6.91. The summed E-state index contributed by atoms with van der Waals surface area (Å²) in [5.74, 6) is 1.55. The SMILES string of the molecule is Cc1noc(CC(=O)C2CC2)n1. The first-order valence-corrected chi connectivity index (χ1v) is 4.07. The van der Waals surface area contributed by atoms with Gasteiger partial charge in [-0.05, 0) is 19.8 Å². The molecule has 1 aromatic rings. The third-order valence-electron chi connectivity index (χ3n) is 1.93. The minimum Gasteiger partial charge on any atom is -0.339 e. The predicted octanol–water partition coefficient (Wildman–Crippen LogP) is 0.900. The summed E-state index contributed by atoms with van der Waals surface area (Å²) in [7, 11) is 0. The topological polar surface area (TPSA) is 56.0 Å². The molecule has 0 saturated heterocycles. The minimum absolute atomic E-state index is 0.235. The van der Waals surface area contributed by atoms with Crippen LogP contribution in [0, 0.1) is 12.8 Å². The van der Waals surface area contributed by atoms with Gasteiger partial charge >= 0.3 is 0 Å². The Balaban J connectivity index is 1.98. The van der Waals surface area contributed by atoms with Crippen LogP contribution < -0.4 is 0 Å². The van der Waals surface area contributed by atoms with Crippen LogP contribution in [0.2, 0.25) is 0 Å². The van der Waals surface area contributed by atoms with E-state index in [-0.39, 0.29) is 11.7 Å². The number of carbonyl (C=O) groups is 1. The smallest absolute Gasteiger partial charge is 0.234 e. The highest BCUT2D eigenvalue weighted by Crippen LogP contribution is 2.30. The van der Waals surface area contributed by atoms with Gasteiger partial charge in [0.25, 0.3) is 0 Å². The Bertz CT molecular complexity index is 302. The van der Waals surface area contributed by atoms with Gasteiger partial charge in [-0.25, -0.2) is 0 Å². The number of Topliss-reactive ketones (excluding diaryl/α,β-unsaturated/α-hetero) is 1. The number of hydrogen-bond donors (Lipinski definition) is 0. The van der Waals surface area contributed by atoms with Gasteiger partial charge in [0, 0.05) is 5.92 Å². The van der Waals surface area contributed by atoms with Crippen LogP contribution >= 0.6 is 0 Å². The first-order valence-electron chi connectivity index (χ1n) is 4.07. The van der Waals surface area contributed by atoms with E-state index in [0.29, 0.717) is 18.1 Å². The number of ketones is 1. The number of nitrogens with zero attached hydrogens (tertiary/aromatic N) is 2. The van der Waals surface area contributed by atoms with E-state index in [9.17, 15) is 4.79 Å². The zero-order chi connectivity index (χ0) is 8.55. The summed E-state index contributed by atoms with van der Waals surface area (Å²) in [5.41, 5.74) is 0. The maximum Gasteiger partial charge on any atom is 0.234 e. The molecule has 4 nitrogen and oxygen atoms in total. The summed E-state index contributed by atoms with van der Waals surface area (Å²) in [6.45, 7) is 1.74. The van der Waals surface area contributed by atoms with Crippen molar-refractivity contribution in [1.82, 2.24) is 10.1 Å². The Morgan fingerprint density at radius 2 is 2.42 bits per heavy atom. The summed E-state index contributed by atoms with van der Waals surface area (Å²) in [6.07, 6.45) is 2.38. The van der Waals surface area contributed by atoms with Crippen molar-refractivity contribution in [3.8, 4) is 0 Å². The molecule has 2 rings (SSSR count). The predicted molar refractivity (Wildman–Crippen MR) is 40.5 cm³/mol. The molecule has 0 aromatic carbocycles. The van der Waals surface area contributed by atoms with Crippen LogP contribution in [0.1, 0.15) is 24.6 Å². The molecule has 0 bridgehead atoms. The molecule has 0 aliphatic heterocycles. The number of aryl methyl sites for hydroxylation is 1. The largest absolute Gasteiger partial charge is 0.339 e. The third kappa shape index (κ3) is 1.52. The van der Waals surface area contributed by atoms with E-state index in [2.05, 4.69) is 10.1 Å². The monoisotopic (exact) mass is 166 g/mol. The maximum absolute atomic E-state index is 11.3. The normalized spacial score (nSPS) is 16.4. The Morgan fingerprint density at radius 3 is 2.92 bits per heavy atom. The van der Waals surface area contributed by atoms with Crippen LogP contribution in [0.3, 0.4) is 0 Å². The molecular weight excluding hydrogens is 156 g/mol. The third-order valence-corrected chi connectivity index (χ3v) is 1.93. The molecular formula is C8H10N2O2. The second-order valence-electron chi connectivity index (χ2n) is 3.15. The molecule has 12 heavy (non-hydrogen) atoms. The summed E-state index contributed by atoms with van der Waals surface area (Å²) in [5, 5.41) is 3.61. The van der Waals surface area contributed by atoms with Crippen molar-refractivity contribution in [2.24, 2.45) is 5.92 Å². The van der Waals surface area contributed by atoms with E-state index in [0.717, 1.165) is 12.8 Å². The van der Waals surface area contributed by atoms with Crippen molar-refractivity contribution < 1.29 is 9.32 Å². The van der Waals surface area contributed by atoms with Crippen LogP contribution in [-0.4, -0.2) is 15.9 Å². The number of carbonyl (C=O) groups excluding carboxylic acids is 1. The second-order valence-corrected chi connectivity index (χ2v) is 3.15. The Kier molecular flexibility index (Phi) is 1.67. The van der Waals surface area contributed by atoms with Gasteiger partial charge in [-0.15, -0.1) is 0 Å². The second kappa shape index (κ2) is 2.69. The fraction of sp³-hybridized carbons (Fsp3) is 0.625. The van der Waals surface area contributed by atoms with E-state index in [1.54, 1.807) is 6.92 Å². The van der Waals surface area contributed by atoms with Crippen LogP contribution in [0.5, 0.6) is 0 Å². The van der Waals surface area contributed by atoms with Crippen molar-refractivity contribution in [1.29, 1.82) is 0 Å². The van der Waals surface area contributed by atoms with Crippen LogP contribution in [0.15, 0.2) is 4.52 Å². The summed E-state index contributed by atoms with van der Waals surface area (Å²) in [6, 6.07) is 0. The molecule has 0 unspecified atom stereocenters. The highest BCUT2D eigenvalue weighted by atomic mass is 16.5. The first kappa shape index (κ1) is 7.46. The molecule has 1 saturated carbocycles. The average molecular weight is 166 g/mol. The Labute approximate surface area is 70.0 Å². The lowest BCUT2D eigenvalue weighted by molar-refractivity contribution is -0.119. The lowest BCUT2D eigenvalue weighted by Crippen LogP contribution is -2.04. The number of rotatable bonds is 3. The molecule has 1 heterocycles. The fourth-order valence-electron chi connectivity index (χ4n) is 1.11. The van der Waals surface area contributed by atoms with Gasteiger partial charge in [0.15, 0.2) is 5.82 Å². The molecule has 1 aliphatic rings. The molecule has 0 atom stereocenters. The molecule has 1 aromatic heterocycles. The van der Waals surface area contributed by atoms with Crippen LogP contribution in [-0.2, 0) is 11.2 Å². The van der Waals surface area contributed by atoms with Gasteiger partial charge in [0.2, 0.25) is 5.89 Å². The van der Waals surface area contributed by atoms with Gasteiger partial charge in [-0.3, -0.25) is 4.79 Å². The Hall–Kier alpha value is -1.19. The molecule has 1 aliphatic carbocycles. The highest BCUT2D eigenvalue weighted by Gasteiger charge is 2.30. The van der Waals surface area contributed by atoms with Crippen molar-refractivity contribution in [2.45, 2.75) is 26.2 Å². The quantitative estimate of drug-likeness (QED) is 0.669. The van der Waals surface area contributed by atoms with Gasteiger partial charge < -0.3 is 4.52 Å². The van der Waals surface area contributed by atoms with E-state index in [1.807, 2.05) is 0 Å². The van der Waals surface area contributed by atoms with E-state index >= 15 is 0 Å². The van der Waals surface area contributed by atoms with Crippen molar-refractivity contribution in [3.63, 3.8) is 0 Å². The van der Waals surface area contributed by atoms with E-state index in [4.69, 9.17) is 4.52 Å². The zero-order valence-corrected chi connectivity index (χ0v) is 6.91. The molecule has 0 N–H and O–H groups in total. The number of aromatic nitrogens is 2. The number of hydrogen-bond acceptors (Lipinski definition) is 4. The van der Waals surface area contributed by atoms with Gasteiger partial charge in [-0.2, -0.15) is 4.98 Å². The van der Waals surface area contributed by atoms with E-state index in [1.165, 1.54) is 0 Å². The van der Waals surface area contributed by atoms with Crippen LogP contribution in [0.4, 0.5) is 0 Å². The Morgan fingerprint density at radius 1 is 1.67 bits per heavy atom. The van der Waals surface area contributed by atoms with Crippen molar-refractivity contribution in [2.75, 3.05) is 0 Å². The average Bonchev–Trinajstić information content (AvgIpc) is 2.78. The standard InChI is InChI=1S/C8H10N2O2/c1-5-9-8(12-10-5)4-7(11)6-2-3-6/h6H,2-4H2,1H3. The van der Waals surface area contributed by atoms with Crippen LogP contribution in [0.25, 0.3) is 0 Å². The molecule has 4 heteroatoms. The minimum atomic E-state index is 0.235. The molecule has 0 amide bonds. The molecule has 64 valence electrons. The molecule has 1 fully saturated rings. The molecule has 0 radical (unpaired) electrons.